The van der Waals surface area contributed by atoms with E-state index in [0.29, 0.717) is 11.5 Å². The maximum absolute atomic E-state index is 6.60. The molecule has 258 valence electrons. The molecule has 9 rings (SSSR count). The molecule has 7 aromatic rings. The van der Waals surface area contributed by atoms with Crippen LogP contribution < -0.4 is 19.4 Å². The van der Waals surface area contributed by atoms with Gasteiger partial charge in [0.1, 0.15) is 5.82 Å². The standard InChI is InChI=1S/C45H34N5O.Pd/c1-45(2,3)31-22-25-47-44(26-31)50-40-23-24-46-29-39(40)37-17-8-7-16-36(37)38-21-20-35(28-43(38)50)51-34-15-11-14-33(27-34)49-30-48(32-12-5-4-6-13-32)41-18-9-10-19-42(41)49;/h4-26,29-30H,1-3H3;/q-3;. The van der Waals surface area contributed by atoms with E-state index in [0.717, 1.165) is 62.2 Å². The molecule has 7 heteroatoms. The van der Waals surface area contributed by atoms with Crippen molar-refractivity contribution in [3.8, 4) is 33.8 Å². The number of ether oxygens (including phenoxy) is 1. The predicted molar refractivity (Wildman–Crippen MR) is 205 cm³/mol. The molecule has 0 atom stereocenters. The average Bonchev–Trinajstić information content (AvgIpc) is 3.50. The van der Waals surface area contributed by atoms with E-state index in [-0.39, 0.29) is 25.8 Å². The average molecular weight is 767 g/mol. The third-order valence-electron chi connectivity index (χ3n) is 9.41. The molecule has 0 amide bonds. The molecule has 2 aliphatic heterocycles. The largest absolute Gasteiger partial charge is 0.509 e. The number of pyridine rings is 2. The summed E-state index contributed by atoms with van der Waals surface area (Å²) in [5, 5.41) is 0. The minimum absolute atomic E-state index is 0. The Labute approximate surface area is 318 Å². The number of hydrogen-bond donors (Lipinski definition) is 0. The maximum Gasteiger partial charge on any atom is 0.135 e. The zero-order chi connectivity index (χ0) is 34.5. The van der Waals surface area contributed by atoms with Gasteiger partial charge in [-0.15, -0.1) is 48.3 Å². The molecule has 0 radical (unpaired) electrons. The van der Waals surface area contributed by atoms with Crippen molar-refractivity contribution in [2.75, 3.05) is 14.7 Å². The van der Waals surface area contributed by atoms with Crippen LogP contribution in [0.25, 0.3) is 22.3 Å². The van der Waals surface area contributed by atoms with Gasteiger partial charge < -0.3 is 19.4 Å². The quantitative estimate of drug-likeness (QED) is 0.128. The molecule has 0 unspecified atom stereocenters. The van der Waals surface area contributed by atoms with Gasteiger partial charge in [-0.2, -0.15) is 12.1 Å². The van der Waals surface area contributed by atoms with E-state index in [9.17, 15) is 0 Å². The van der Waals surface area contributed by atoms with Gasteiger partial charge in [0.25, 0.3) is 0 Å². The van der Waals surface area contributed by atoms with Crippen LogP contribution in [-0.2, 0) is 25.8 Å². The van der Waals surface area contributed by atoms with Crippen LogP contribution in [0.5, 0.6) is 11.5 Å². The number of benzene rings is 5. The Morgan fingerprint density at radius 3 is 2.12 bits per heavy atom. The predicted octanol–water partition coefficient (Wildman–Crippen LogP) is 11.7. The summed E-state index contributed by atoms with van der Waals surface area (Å²) in [7, 11) is 0. The fraction of sp³-hybridized carbons (Fsp3) is 0.0889. The molecule has 2 aromatic heterocycles. The first-order valence-electron chi connectivity index (χ1n) is 17.1. The Kier molecular flexibility index (Phi) is 8.63. The van der Waals surface area contributed by atoms with Crippen LogP contribution in [0.1, 0.15) is 26.3 Å². The molecular formula is C45H34N5OPd-3. The molecule has 0 saturated heterocycles. The number of hydrogen-bond acceptors (Lipinski definition) is 6. The monoisotopic (exact) mass is 766 g/mol. The number of rotatable bonds is 5. The van der Waals surface area contributed by atoms with Gasteiger partial charge in [-0.25, -0.2) is 4.98 Å². The summed E-state index contributed by atoms with van der Waals surface area (Å²) in [6.07, 6.45) is 5.66. The van der Waals surface area contributed by atoms with Crippen LogP contribution in [-0.4, -0.2) is 9.97 Å². The number of fused-ring (bicyclic) bond motifs is 6. The first-order chi connectivity index (χ1) is 24.9. The summed E-state index contributed by atoms with van der Waals surface area (Å²) < 4.78 is 6.60. The van der Waals surface area contributed by atoms with Crippen molar-refractivity contribution in [3.05, 3.63) is 170 Å². The Balaban J connectivity index is 0.00000387. The van der Waals surface area contributed by atoms with E-state index in [4.69, 9.17) is 9.72 Å². The second-order valence-electron chi connectivity index (χ2n) is 13.7. The molecule has 2 aliphatic rings. The minimum Gasteiger partial charge on any atom is -0.509 e. The van der Waals surface area contributed by atoms with E-state index in [1.807, 2.05) is 55.0 Å². The second-order valence-corrected chi connectivity index (χ2v) is 13.7. The van der Waals surface area contributed by atoms with Gasteiger partial charge in [0.2, 0.25) is 0 Å². The zero-order valence-electron chi connectivity index (χ0n) is 28.9. The number of aromatic nitrogens is 2. The van der Waals surface area contributed by atoms with Crippen molar-refractivity contribution in [1.29, 1.82) is 0 Å². The molecule has 0 fully saturated rings. The van der Waals surface area contributed by atoms with Crippen molar-refractivity contribution in [2.45, 2.75) is 26.2 Å². The molecule has 0 bridgehead atoms. The van der Waals surface area contributed by atoms with Gasteiger partial charge in [-0.05, 0) is 59.0 Å². The van der Waals surface area contributed by atoms with Gasteiger partial charge in [0.15, 0.2) is 0 Å². The molecule has 0 N–H and O–H groups in total. The van der Waals surface area contributed by atoms with Crippen molar-refractivity contribution >= 4 is 39.9 Å². The zero-order valence-corrected chi connectivity index (χ0v) is 30.4. The molecule has 5 aromatic carbocycles. The van der Waals surface area contributed by atoms with Crippen LogP contribution in [0.3, 0.4) is 0 Å². The molecule has 52 heavy (non-hydrogen) atoms. The van der Waals surface area contributed by atoms with Crippen LogP contribution in [0.4, 0.5) is 39.9 Å². The van der Waals surface area contributed by atoms with Crippen molar-refractivity contribution < 1.29 is 25.2 Å². The van der Waals surface area contributed by atoms with E-state index in [1.165, 1.54) is 5.56 Å². The normalized spacial score (nSPS) is 12.9. The van der Waals surface area contributed by atoms with Gasteiger partial charge in [0, 0.05) is 73.1 Å². The fourth-order valence-corrected chi connectivity index (χ4v) is 6.88. The van der Waals surface area contributed by atoms with E-state index < -0.39 is 0 Å². The molecule has 0 aliphatic carbocycles. The minimum atomic E-state index is -0.0582. The Hall–Kier alpha value is -5.74. The van der Waals surface area contributed by atoms with Crippen LogP contribution in [0.15, 0.2) is 146 Å². The number of anilines is 7. The van der Waals surface area contributed by atoms with Crippen molar-refractivity contribution in [1.82, 2.24) is 9.97 Å². The third kappa shape index (κ3) is 5.92. The molecule has 4 heterocycles. The van der Waals surface area contributed by atoms with Crippen LogP contribution in [0.2, 0.25) is 0 Å². The number of nitrogens with zero attached hydrogens (tertiary/aromatic N) is 5. The van der Waals surface area contributed by atoms with E-state index in [2.05, 4.69) is 150 Å². The van der Waals surface area contributed by atoms with Gasteiger partial charge in [0.05, 0.1) is 5.69 Å². The smallest absolute Gasteiger partial charge is 0.135 e. The molecule has 0 spiro atoms. The second kappa shape index (κ2) is 13.4. The van der Waals surface area contributed by atoms with E-state index in [1.54, 1.807) is 0 Å². The van der Waals surface area contributed by atoms with Gasteiger partial charge >= 0.3 is 0 Å². The summed E-state index contributed by atoms with van der Waals surface area (Å²) in [4.78, 5) is 16.0. The summed E-state index contributed by atoms with van der Waals surface area (Å²) in [5.41, 5.74) is 11.3. The first kappa shape index (κ1) is 33.4. The summed E-state index contributed by atoms with van der Waals surface area (Å²) in [6, 6.07) is 50.8. The Bertz CT molecular complexity index is 2410. The topological polar surface area (TPSA) is 44.7 Å². The van der Waals surface area contributed by atoms with Crippen molar-refractivity contribution in [3.63, 3.8) is 0 Å². The summed E-state index contributed by atoms with van der Waals surface area (Å²) >= 11 is 0. The van der Waals surface area contributed by atoms with Crippen LogP contribution >= 0.6 is 0 Å². The fourth-order valence-electron chi connectivity index (χ4n) is 6.88. The summed E-state index contributed by atoms with van der Waals surface area (Å²) in [5.74, 6) is 1.97. The Morgan fingerprint density at radius 1 is 0.615 bits per heavy atom. The third-order valence-corrected chi connectivity index (χ3v) is 9.41. The molecular weight excluding hydrogens is 733 g/mol. The molecule has 0 saturated carbocycles. The van der Waals surface area contributed by atoms with E-state index >= 15 is 0 Å². The van der Waals surface area contributed by atoms with Crippen molar-refractivity contribution in [2.24, 2.45) is 0 Å². The Morgan fingerprint density at radius 2 is 1.33 bits per heavy atom. The van der Waals surface area contributed by atoms with Gasteiger partial charge in [-0.1, -0.05) is 86.6 Å². The summed E-state index contributed by atoms with van der Waals surface area (Å²) in [6.45, 7) is 8.76. The molecule has 6 nitrogen and oxygen atoms in total. The SMILES string of the molecule is CC(C)(C)c1ccnc(N2c3[c-]c(Oc4[c-]c(N5[CH-]N(c6ccccc6)c6ccccc65)ccc4)ccc3-c3ccccc3-c3cnccc32)c1.[Pd]. The number of para-hydroxylation sites is 3. The van der Waals surface area contributed by atoms with Gasteiger partial charge in [-0.3, -0.25) is 4.98 Å². The maximum atomic E-state index is 6.60. The first-order valence-corrected chi connectivity index (χ1v) is 17.1. The van der Waals surface area contributed by atoms with Crippen LogP contribution in [0, 0.1) is 18.8 Å².